The Hall–Kier alpha value is -2.01. The first-order valence-electron chi connectivity index (χ1n) is 10.2. The topological polar surface area (TPSA) is 75.6 Å². The molecule has 2 unspecified atom stereocenters. The van der Waals surface area contributed by atoms with Crippen LogP contribution in [0, 0.1) is 6.92 Å². The number of carboxylic acid groups (broad SMARTS) is 1. The van der Waals surface area contributed by atoms with Crippen LogP contribution in [0.3, 0.4) is 0 Å². The van der Waals surface area contributed by atoms with Gasteiger partial charge < -0.3 is 15.2 Å². The van der Waals surface area contributed by atoms with E-state index in [2.05, 4.69) is 5.32 Å². The van der Waals surface area contributed by atoms with Crippen LogP contribution < -0.4 is 5.32 Å². The summed E-state index contributed by atoms with van der Waals surface area (Å²) in [6.45, 7) is 1.99. The van der Waals surface area contributed by atoms with Gasteiger partial charge in [0.2, 0.25) is 0 Å². The average Bonchev–Trinajstić information content (AvgIpc) is 3.31. The molecule has 0 aliphatic rings. The number of hydrogen-bond acceptors (Lipinski definition) is 5. The van der Waals surface area contributed by atoms with E-state index in [0.29, 0.717) is 17.7 Å². The Morgan fingerprint density at radius 3 is 2.48 bits per heavy atom. The number of ether oxygens (including phenoxy) is 1. The van der Waals surface area contributed by atoms with Crippen molar-refractivity contribution in [3.8, 4) is 11.1 Å². The second-order valence-electron chi connectivity index (χ2n) is 7.44. The summed E-state index contributed by atoms with van der Waals surface area (Å²) in [6, 6.07) is 14.6. The van der Waals surface area contributed by atoms with Crippen LogP contribution in [0.5, 0.6) is 0 Å². The second-order valence-corrected chi connectivity index (χ2v) is 9.20. The van der Waals surface area contributed by atoms with Crippen molar-refractivity contribution in [3.63, 3.8) is 0 Å². The van der Waals surface area contributed by atoms with E-state index in [4.69, 9.17) is 4.74 Å². The molecule has 1 heterocycles. The summed E-state index contributed by atoms with van der Waals surface area (Å²) < 4.78 is 5.77. The summed E-state index contributed by atoms with van der Waals surface area (Å²) in [5.74, 6) is -0.775. The molecule has 0 radical (unpaired) electrons. The van der Waals surface area contributed by atoms with Crippen LogP contribution in [-0.2, 0) is 9.53 Å². The second kappa shape index (κ2) is 13.0. The number of methoxy groups -OCH3 is 1. The Labute approximate surface area is 215 Å². The third-order valence-electron chi connectivity index (χ3n) is 5.32. The van der Waals surface area contributed by atoms with Gasteiger partial charge in [-0.1, -0.05) is 30.3 Å². The van der Waals surface area contributed by atoms with E-state index in [9.17, 15) is 14.7 Å². The fraction of sp³-hybridized carbons (Fsp3) is 0.280. The Morgan fingerprint density at radius 1 is 1.12 bits per heavy atom. The van der Waals surface area contributed by atoms with Crippen molar-refractivity contribution < 1.29 is 19.4 Å². The molecule has 2 aromatic carbocycles. The molecule has 170 valence electrons. The molecular weight excluding hydrogens is 449 g/mol. The Balaban J connectivity index is 0.00000385. The first-order valence-corrected chi connectivity index (χ1v) is 12.6. The van der Waals surface area contributed by atoms with Crippen molar-refractivity contribution in [1.82, 2.24) is 5.32 Å². The number of aliphatic carboxylic acids is 1. The van der Waals surface area contributed by atoms with Gasteiger partial charge >= 0.3 is 24.8 Å². The molecule has 3 rings (SSSR count). The van der Waals surface area contributed by atoms with Crippen LogP contribution in [0.4, 0.5) is 0 Å². The number of benzene rings is 2. The third-order valence-corrected chi connectivity index (χ3v) is 6.67. The fourth-order valence-electron chi connectivity index (χ4n) is 3.64. The molecule has 8 heteroatoms. The maximum atomic E-state index is 13.2. The molecule has 5 nitrogen and oxygen atoms in total. The van der Waals surface area contributed by atoms with Gasteiger partial charge in [-0.3, -0.25) is 4.79 Å². The summed E-state index contributed by atoms with van der Waals surface area (Å²) in [5.41, 5.74) is 5.13. The fourth-order valence-corrected chi connectivity index (χ4v) is 4.78. The number of carbonyl (C=O) groups excluding carboxylic acids is 1. The molecule has 0 spiro atoms. The van der Waals surface area contributed by atoms with E-state index in [1.54, 1.807) is 36.3 Å². The standard InChI is InChI=1S/C25H27NO4S2.Li.H/c1-16-6-4-5-7-19(16)21-14-17(23(30-2)18-10-13-32-15-18)8-9-20(21)24(27)26-22(25(28)29)11-12-31-3;;/h4-10,13-15,22-23H,11-12H2,1-3H3,(H,26,27)(H,28,29);;. The molecule has 0 aliphatic carbocycles. The van der Waals surface area contributed by atoms with Gasteiger partial charge in [0.05, 0.1) is 0 Å². The van der Waals surface area contributed by atoms with Gasteiger partial charge in [-0.05, 0) is 82.1 Å². The normalized spacial score (nSPS) is 12.5. The van der Waals surface area contributed by atoms with E-state index < -0.39 is 17.9 Å². The van der Waals surface area contributed by atoms with Gasteiger partial charge in [0.15, 0.2) is 0 Å². The average molecular weight is 478 g/mol. The van der Waals surface area contributed by atoms with Crippen LogP contribution in [-0.4, -0.2) is 61.0 Å². The van der Waals surface area contributed by atoms with E-state index in [1.807, 2.05) is 66.4 Å². The zero-order valence-electron chi connectivity index (χ0n) is 18.3. The molecule has 33 heavy (non-hydrogen) atoms. The predicted octanol–water partition coefficient (Wildman–Crippen LogP) is 4.75. The zero-order valence-corrected chi connectivity index (χ0v) is 20.0. The number of thioether (sulfide) groups is 1. The van der Waals surface area contributed by atoms with Gasteiger partial charge in [-0.2, -0.15) is 23.1 Å². The number of aryl methyl sites for hydroxylation is 1. The first-order chi connectivity index (χ1) is 15.5. The van der Waals surface area contributed by atoms with E-state index in [0.717, 1.165) is 27.8 Å². The van der Waals surface area contributed by atoms with Gasteiger partial charge in [0, 0.05) is 12.7 Å². The predicted molar refractivity (Wildman–Crippen MR) is 139 cm³/mol. The summed E-state index contributed by atoms with van der Waals surface area (Å²) in [6.07, 6.45) is 2.02. The summed E-state index contributed by atoms with van der Waals surface area (Å²) in [7, 11) is 1.67. The van der Waals surface area contributed by atoms with Crippen molar-refractivity contribution >= 4 is 53.8 Å². The summed E-state index contributed by atoms with van der Waals surface area (Å²) >= 11 is 3.15. The summed E-state index contributed by atoms with van der Waals surface area (Å²) in [4.78, 5) is 24.9. The number of rotatable bonds is 10. The number of nitrogens with one attached hydrogen (secondary N) is 1. The monoisotopic (exact) mass is 477 g/mol. The quantitative estimate of drug-likeness (QED) is 0.412. The van der Waals surface area contributed by atoms with Crippen LogP contribution >= 0.6 is 23.1 Å². The van der Waals surface area contributed by atoms with E-state index >= 15 is 0 Å². The molecule has 2 N–H and O–H groups in total. The molecular formula is C25H28LiNO4S2. The third kappa shape index (κ3) is 6.75. The molecule has 1 aromatic heterocycles. The number of thiophene rings is 1. The van der Waals surface area contributed by atoms with Crippen molar-refractivity contribution in [2.24, 2.45) is 0 Å². The van der Waals surface area contributed by atoms with Crippen LogP contribution in [0.1, 0.15) is 39.6 Å². The minimum atomic E-state index is -1.03. The molecule has 0 aliphatic heterocycles. The Morgan fingerprint density at radius 2 is 1.88 bits per heavy atom. The van der Waals surface area contributed by atoms with E-state index in [-0.39, 0.29) is 25.0 Å². The number of carbonyl (C=O) groups is 2. The SMILES string of the molecule is COC(c1ccsc1)c1ccc(C(=O)NC(CCSC)C(=O)O)c(-c2ccccc2C)c1.[LiH]. The van der Waals surface area contributed by atoms with Crippen molar-refractivity contribution in [3.05, 3.63) is 81.5 Å². The van der Waals surface area contributed by atoms with Gasteiger partial charge in [0.1, 0.15) is 12.1 Å². The summed E-state index contributed by atoms with van der Waals surface area (Å²) in [5, 5.41) is 16.3. The first kappa shape index (κ1) is 27.2. The van der Waals surface area contributed by atoms with Crippen molar-refractivity contribution in [2.75, 3.05) is 19.1 Å². The molecule has 0 saturated heterocycles. The Bertz CT molecular complexity index is 1070. The van der Waals surface area contributed by atoms with Crippen LogP contribution in [0.25, 0.3) is 11.1 Å². The van der Waals surface area contributed by atoms with Crippen molar-refractivity contribution in [1.29, 1.82) is 0 Å². The molecule has 0 bridgehead atoms. The van der Waals surface area contributed by atoms with Crippen molar-refractivity contribution in [2.45, 2.75) is 25.5 Å². The zero-order chi connectivity index (χ0) is 23.1. The van der Waals surface area contributed by atoms with Gasteiger partial charge in [-0.25, -0.2) is 4.79 Å². The van der Waals surface area contributed by atoms with Crippen LogP contribution in [0.2, 0.25) is 0 Å². The molecule has 2 atom stereocenters. The molecule has 0 saturated carbocycles. The minimum absolute atomic E-state index is 0. The molecule has 3 aromatic rings. The van der Waals surface area contributed by atoms with Gasteiger partial charge in [0.25, 0.3) is 5.91 Å². The van der Waals surface area contributed by atoms with E-state index in [1.165, 1.54) is 0 Å². The number of hydrogen-bond donors (Lipinski definition) is 2. The maximum absolute atomic E-state index is 13.2. The van der Waals surface area contributed by atoms with Gasteiger partial charge in [-0.15, -0.1) is 0 Å². The van der Waals surface area contributed by atoms with Crippen LogP contribution in [0.15, 0.2) is 59.3 Å². The number of carboxylic acids is 1. The Kier molecular flexibility index (Phi) is 10.7. The molecule has 1 amide bonds. The molecule has 0 fully saturated rings. The number of amides is 1.